The number of nitrogens with one attached hydrogen (secondary N) is 1. The molecule has 0 spiro atoms. The molecule has 2 aliphatic rings. The lowest BCUT2D eigenvalue weighted by Gasteiger charge is -2.31. The Labute approximate surface area is 201 Å². The second kappa shape index (κ2) is 9.31. The van der Waals surface area contributed by atoms with Crippen LogP contribution in [0.5, 0.6) is 5.75 Å². The number of hydrogen-bond acceptors (Lipinski definition) is 8. The molecule has 1 N–H and O–H groups in total. The van der Waals surface area contributed by atoms with Crippen molar-refractivity contribution in [1.29, 1.82) is 0 Å². The van der Waals surface area contributed by atoms with Crippen LogP contribution in [0, 0.1) is 5.92 Å². The van der Waals surface area contributed by atoms with Crippen molar-refractivity contribution >= 4 is 39.4 Å². The van der Waals surface area contributed by atoms with E-state index < -0.39 is 0 Å². The van der Waals surface area contributed by atoms with Crippen molar-refractivity contribution in [2.45, 2.75) is 38.2 Å². The highest BCUT2D eigenvalue weighted by molar-refractivity contribution is 6.28. The number of aromatic nitrogens is 6. The minimum Gasteiger partial charge on any atom is -0.488 e. The summed E-state index contributed by atoms with van der Waals surface area (Å²) >= 11 is 6.12. The third-order valence-corrected chi connectivity index (χ3v) is 7.00. The van der Waals surface area contributed by atoms with Gasteiger partial charge in [-0.15, -0.1) is 0 Å². The van der Waals surface area contributed by atoms with Crippen LogP contribution in [-0.4, -0.2) is 62.5 Å². The fourth-order valence-corrected chi connectivity index (χ4v) is 5.24. The highest BCUT2D eigenvalue weighted by Crippen LogP contribution is 2.35. The van der Waals surface area contributed by atoms with Gasteiger partial charge in [0.25, 0.3) is 0 Å². The maximum Gasteiger partial charge on any atom is 0.224 e. The summed E-state index contributed by atoms with van der Waals surface area (Å²) in [6, 6.07) is 4.22. The maximum atomic E-state index is 6.55. The molecule has 34 heavy (non-hydrogen) atoms. The predicted molar refractivity (Wildman–Crippen MR) is 129 cm³/mol. The van der Waals surface area contributed by atoms with Gasteiger partial charge < -0.3 is 14.4 Å². The highest BCUT2D eigenvalue weighted by Gasteiger charge is 2.25. The summed E-state index contributed by atoms with van der Waals surface area (Å²) in [6.45, 7) is 3.21. The second-order valence-electron chi connectivity index (χ2n) is 9.00. The first kappa shape index (κ1) is 21.5. The molecule has 4 heterocycles. The van der Waals surface area contributed by atoms with E-state index in [9.17, 15) is 0 Å². The zero-order valence-corrected chi connectivity index (χ0v) is 19.5. The number of hydrogen-bond donors (Lipinski definition) is 1. The van der Waals surface area contributed by atoms with Crippen LogP contribution in [0.15, 0.2) is 30.7 Å². The normalized spacial score (nSPS) is 21.3. The molecular weight excluding hydrogens is 454 g/mol. The van der Waals surface area contributed by atoms with Crippen LogP contribution in [0.3, 0.4) is 0 Å². The smallest absolute Gasteiger partial charge is 0.224 e. The highest BCUT2D eigenvalue weighted by atomic mass is 35.5. The predicted octanol–water partition coefficient (Wildman–Crippen LogP) is 3.97. The number of benzene rings is 1. The van der Waals surface area contributed by atoms with Crippen LogP contribution in [-0.2, 0) is 11.2 Å². The third kappa shape index (κ3) is 4.37. The number of nitrogens with zero attached hydrogens (tertiary/aromatic N) is 6. The Balaban J connectivity index is 1.16. The molecule has 1 aliphatic heterocycles. The van der Waals surface area contributed by atoms with E-state index >= 15 is 0 Å². The van der Waals surface area contributed by atoms with Gasteiger partial charge in [0.05, 0.1) is 42.1 Å². The molecule has 1 saturated carbocycles. The number of ether oxygens (including phenoxy) is 2. The zero-order chi connectivity index (χ0) is 22.9. The Morgan fingerprint density at radius 1 is 1.06 bits per heavy atom. The van der Waals surface area contributed by atoms with Crippen LogP contribution in [0.4, 0.5) is 5.69 Å². The number of morpholine rings is 1. The molecule has 2 fully saturated rings. The van der Waals surface area contributed by atoms with Crippen molar-refractivity contribution in [1.82, 2.24) is 30.1 Å². The molecule has 0 amide bonds. The maximum absolute atomic E-state index is 6.55. The number of fused-ring (bicyclic) bond motifs is 2. The van der Waals surface area contributed by atoms with Crippen molar-refractivity contribution in [2.75, 3.05) is 31.2 Å². The Morgan fingerprint density at radius 3 is 2.74 bits per heavy atom. The molecule has 1 aromatic carbocycles. The van der Waals surface area contributed by atoms with Gasteiger partial charge in [-0.3, -0.25) is 10.1 Å². The first-order valence-electron chi connectivity index (χ1n) is 11.8. The van der Waals surface area contributed by atoms with Crippen LogP contribution in [0.25, 0.3) is 22.1 Å². The summed E-state index contributed by atoms with van der Waals surface area (Å²) in [4.78, 5) is 20.1. The van der Waals surface area contributed by atoms with Gasteiger partial charge >= 0.3 is 0 Å². The van der Waals surface area contributed by atoms with Crippen molar-refractivity contribution in [3.05, 3.63) is 41.7 Å². The van der Waals surface area contributed by atoms with Gasteiger partial charge in [0, 0.05) is 37.2 Å². The fraction of sp³-hybridized carbons (Fsp3) is 0.458. The summed E-state index contributed by atoms with van der Waals surface area (Å²) in [6.07, 6.45) is 10.4. The molecule has 176 valence electrons. The number of H-pyrrole nitrogens is 1. The zero-order valence-electron chi connectivity index (χ0n) is 18.8. The van der Waals surface area contributed by atoms with Gasteiger partial charge in [-0.05, 0) is 55.7 Å². The molecule has 0 unspecified atom stereocenters. The van der Waals surface area contributed by atoms with E-state index in [0.717, 1.165) is 92.0 Å². The van der Waals surface area contributed by atoms with E-state index in [1.54, 1.807) is 18.6 Å². The fourth-order valence-electron chi connectivity index (χ4n) is 5.05. The number of anilines is 1. The monoisotopic (exact) mass is 479 g/mol. The van der Waals surface area contributed by atoms with Crippen molar-refractivity contribution in [3.63, 3.8) is 0 Å². The molecule has 1 aliphatic carbocycles. The van der Waals surface area contributed by atoms with E-state index in [-0.39, 0.29) is 11.4 Å². The van der Waals surface area contributed by atoms with Crippen LogP contribution in [0.1, 0.15) is 31.4 Å². The lowest BCUT2D eigenvalue weighted by atomic mass is 9.84. The second-order valence-corrected chi connectivity index (χ2v) is 9.34. The quantitative estimate of drug-likeness (QED) is 0.429. The molecule has 10 heteroatoms. The lowest BCUT2D eigenvalue weighted by Crippen LogP contribution is -2.36. The van der Waals surface area contributed by atoms with Gasteiger partial charge in [-0.25, -0.2) is 9.97 Å². The number of rotatable bonds is 5. The summed E-state index contributed by atoms with van der Waals surface area (Å²) in [7, 11) is 0. The minimum absolute atomic E-state index is 0.157. The number of aromatic amines is 1. The van der Waals surface area contributed by atoms with Gasteiger partial charge in [-0.1, -0.05) is 0 Å². The largest absolute Gasteiger partial charge is 0.488 e. The average Bonchev–Trinajstić information content (AvgIpc) is 3.34. The van der Waals surface area contributed by atoms with Crippen LogP contribution in [0.2, 0.25) is 5.28 Å². The molecule has 0 atom stereocenters. The third-order valence-electron chi connectivity index (χ3n) is 6.83. The van der Waals surface area contributed by atoms with Gasteiger partial charge in [-0.2, -0.15) is 10.1 Å². The van der Waals surface area contributed by atoms with Crippen molar-refractivity contribution in [2.24, 2.45) is 5.92 Å². The van der Waals surface area contributed by atoms with E-state index in [4.69, 9.17) is 21.1 Å². The molecule has 1 saturated heterocycles. The van der Waals surface area contributed by atoms with E-state index in [0.29, 0.717) is 11.6 Å². The molecule has 3 aromatic heterocycles. The van der Waals surface area contributed by atoms with Gasteiger partial charge in [0.1, 0.15) is 11.3 Å². The first-order valence-corrected chi connectivity index (χ1v) is 12.2. The summed E-state index contributed by atoms with van der Waals surface area (Å²) in [5.74, 6) is 1.35. The van der Waals surface area contributed by atoms with Crippen LogP contribution < -0.4 is 9.64 Å². The molecule has 0 radical (unpaired) electrons. The minimum atomic E-state index is 0.157. The summed E-state index contributed by atoms with van der Waals surface area (Å²) in [5, 5.41) is 8.19. The standard InChI is InChI=1S/C24H26ClN7O2/c25-24-29-19(18-14-28-31-23(18)30-24)11-15-1-3-17(4-2-15)34-21-13-16(32-7-9-33-10-8-32)12-20-22(21)27-6-5-26-20/h5-6,12-15,17H,1-4,7-11H2,(H,28,29,30,31). The number of halogens is 1. The summed E-state index contributed by atoms with van der Waals surface area (Å²) < 4.78 is 12.1. The van der Waals surface area contributed by atoms with Crippen molar-refractivity contribution in [3.8, 4) is 5.75 Å². The molecular formula is C24H26ClN7O2. The first-order chi connectivity index (χ1) is 16.7. The van der Waals surface area contributed by atoms with E-state index in [2.05, 4.69) is 47.2 Å². The van der Waals surface area contributed by atoms with Crippen molar-refractivity contribution < 1.29 is 9.47 Å². The molecule has 0 bridgehead atoms. The Morgan fingerprint density at radius 2 is 1.88 bits per heavy atom. The van der Waals surface area contributed by atoms with E-state index in [1.165, 1.54) is 0 Å². The molecule has 4 aromatic rings. The average molecular weight is 480 g/mol. The molecule has 9 nitrogen and oxygen atoms in total. The van der Waals surface area contributed by atoms with E-state index in [1.807, 2.05) is 0 Å². The topological polar surface area (TPSA) is 102 Å². The van der Waals surface area contributed by atoms with Crippen LogP contribution >= 0.6 is 11.6 Å². The van der Waals surface area contributed by atoms with Gasteiger partial charge in [0.2, 0.25) is 5.28 Å². The Kier molecular flexibility index (Phi) is 5.88. The molecule has 6 rings (SSSR count). The lowest BCUT2D eigenvalue weighted by molar-refractivity contribution is 0.122. The van der Waals surface area contributed by atoms with Gasteiger partial charge in [0.15, 0.2) is 5.65 Å². The Hall–Kier alpha value is -3.04. The summed E-state index contributed by atoms with van der Waals surface area (Å²) in [5.41, 5.74) is 4.46. The Bertz CT molecular complexity index is 1300. The SMILES string of the molecule is Clc1nc(CC2CCC(Oc3cc(N4CCOCC4)cc4nccnc34)CC2)c2cn[nH]c2n1.